The molecule has 2 aromatic rings. The predicted octanol–water partition coefficient (Wildman–Crippen LogP) is 0.961. The van der Waals surface area contributed by atoms with E-state index in [0.29, 0.717) is 22.1 Å². The van der Waals surface area contributed by atoms with Gasteiger partial charge in [0, 0.05) is 11.8 Å². The lowest BCUT2D eigenvalue weighted by molar-refractivity contribution is -0.123. The quantitative estimate of drug-likeness (QED) is 0.711. The fourth-order valence-electron chi connectivity index (χ4n) is 2.08. The monoisotopic (exact) mass is 361 g/mol. The minimum atomic E-state index is -0.453. The summed E-state index contributed by atoms with van der Waals surface area (Å²) in [7, 11) is 0. The number of ether oxygens (including phenoxy) is 2. The average molecular weight is 361 g/mol. The number of anilines is 1. The van der Waals surface area contributed by atoms with E-state index in [1.807, 2.05) is 0 Å². The van der Waals surface area contributed by atoms with Crippen LogP contribution in [0.5, 0.6) is 11.5 Å². The van der Waals surface area contributed by atoms with Gasteiger partial charge < -0.3 is 25.4 Å². The van der Waals surface area contributed by atoms with E-state index in [0.717, 1.165) is 0 Å². The smallest absolute Gasteiger partial charge is 0.261 e. The highest BCUT2D eigenvalue weighted by molar-refractivity contribution is 7.12. The molecule has 0 spiro atoms. The Kier molecular flexibility index (Phi) is 5.14. The second kappa shape index (κ2) is 7.67. The highest BCUT2D eigenvalue weighted by Crippen LogP contribution is 2.34. The molecule has 9 heteroatoms. The van der Waals surface area contributed by atoms with Crippen molar-refractivity contribution in [2.24, 2.45) is 0 Å². The van der Waals surface area contributed by atoms with Gasteiger partial charge in [-0.15, -0.1) is 11.3 Å². The maximum absolute atomic E-state index is 11.9. The van der Waals surface area contributed by atoms with Gasteiger partial charge in [-0.3, -0.25) is 14.4 Å². The first-order valence-electron chi connectivity index (χ1n) is 7.40. The summed E-state index contributed by atoms with van der Waals surface area (Å²) in [6, 6.07) is 8.42. The lowest BCUT2D eigenvalue weighted by Crippen LogP contribution is -2.40. The van der Waals surface area contributed by atoms with Crippen molar-refractivity contribution in [1.29, 1.82) is 0 Å². The predicted molar refractivity (Wildman–Crippen MR) is 90.9 cm³/mol. The Balaban J connectivity index is 1.39. The molecule has 0 bridgehead atoms. The Hall–Kier alpha value is -3.07. The van der Waals surface area contributed by atoms with Gasteiger partial charge in [0.1, 0.15) is 0 Å². The fraction of sp³-hybridized carbons (Fsp3) is 0.188. The van der Waals surface area contributed by atoms with E-state index in [2.05, 4.69) is 16.0 Å². The van der Waals surface area contributed by atoms with Crippen LogP contribution < -0.4 is 25.4 Å². The van der Waals surface area contributed by atoms with Crippen LogP contribution in [0.25, 0.3) is 0 Å². The Bertz CT molecular complexity index is 791. The first-order valence-corrected chi connectivity index (χ1v) is 8.28. The third-order valence-electron chi connectivity index (χ3n) is 3.26. The van der Waals surface area contributed by atoms with Gasteiger partial charge in [-0.2, -0.15) is 0 Å². The van der Waals surface area contributed by atoms with Crippen LogP contribution in [0.15, 0.2) is 35.7 Å². The summed E-state index contributed by atoms with van der Waals surface area (Å²) in [5, 5.41) is 9.33. The Labute approximate surface area is 147 Å². The highest BCUT2D eigenvalue weighted by atomic mass is 32.1. The third-order valence-corrected chi connectivity index (χ3v) is 4.13. The van der Waals surface area contributed by atoms with Crippen molar-refractivity contribution >= 4 is 34.7 Å². The molecule has 0 unspecified atom stereocenters. The molecule has 1 aliphatic heterocycles. The molecule has 25 heavy (non-hydrogen) atoms. The Morgan fingerprint density at radius 3 is 2.60 bits per heavy atom. The number of nitrogens with one attached hydrogen (secondary N) is 3. The normalized spacial score (nSPS) is 11.7. The van der Waals surface area contributed by atoms with E-state index in [9.17, 15) is 14.4 Å². The average Bonchev–Trinajstić information content (AvgIpc) is 3.28. The van der Waals surface area contributed by atoms with Crippen LogP contribution in [0.3, 0.4) is 0 Å². The maximum atomic E-state index is 11.9. The molecule has 0 atom stereocenters. The number of rotatable bonds is 6. The summed E-state index contributed by atoms with van der Waals surface area (Å²) in [5.74, 6) is 0.00316. The van der Waals surface area contributed by atoms with Gasteiger partial charge in [0.2, 0.25) is 18.6 Å². The van der Waals surface area contributed by atoms with E-state index >= 15 is 0 Å². The van der Waals surface area contributed by atoms with Gasteiger partial charge in [0.25, 0.3) is 5.91 Å². The number of thiophene rings is 1. The van der Waals surface area contributed by atoms with Crippen LogP contribution in [0, 0.1) is 0 Å². The van der Waals surface area contributed by atoms with E-state index < -0.39 is 11.8 Å². The van der Waals surface area contributed by atoms with Gasteiger partial charge in [0.05, 0.1) is 18.0 Å². The molecular weight excluding hydrogens is 346 g/mol. The van der Waals surface area contributed by atoms with Crippen LogP contribution in [0.4, 0.5) is 5.69 Å². The zero-order valence-corrected chi connectivity index (χ0v) is 13.9. The highest BCUT2D eigenvalue weighted by Gasteiger charge is 2.14. The van der Waals surface area contributed by atoms with E-state index in [-0.39, 0.29) is 25.8 Å². The number of carbonyl (C=O) groups excluding carboxylic acids is 3. The third kappa shape index (κ3) is 4.48. The number of hydrogen-bond donors (Lipinski definition) is 3. The van der Waals surface area contributed by atoms with E-state index in [4.69, 9.17) is 9.47 Å². The number of hydrogen-bond acceptors (Lipinski definition) is 6. The molecule has 3 N–H and O–H groups in total. The van der Waals surface area contributed by atoms with Crippen molar-refractivity contribution < 1.29 is 23.9 Å². The molecule has 130 valence electrons. The maximum Gasteiger partial charge on any atom is 0.261 e. The Morgan fingerprint density at radius 2 is 1.80 bits per heavy atom. The van der Waals surface area contributed by atoms with Crippen molar-refractivity contribution in [3.8, 4) is 11.5 Å². The van der Waals surface area contributed by atoms with Crippen molar-refractivity contribution in [2.75, 3.05) is 25.2 Å². The number of carbonyl (C=O) groups is 3. The molecule has 0 saturated heterocycles. The van der Waals surface area contributed by atoms with Gasteiger partial charge in [-0.05, 0) is 23.6 Å². The molecule has 2 heterocycles. The summed E-state index contributed by atoms with van der Waals surface area (Å²) in [6.07, 6.45) is 0. The van der Waals surface area contributed by atoms with Gasteiger partial charge in [-0.1, -0.05) is 6.07 Å². The standard InChI is InChI=1S/C16H15N3O5S/c20-14(7-18-16(22)13-2-1-5-25-13)17-8-15(21)19-10-3-4-11-12(6-10)24-9-23-11/h1-6H,7-9H2,(H,17,20)(H,18,22)(H,19,21). The van der Waals surface area contributed by atoms with Crippen LogP contribution in [0.1, 0.15) is 9.67 Å². The molecule has 0 fully saturated rings. The lowest BCUT2D eigenvalue weighted by atomic mass is 10.3. The summed E-state index contributed by atoms with van der Waals surface area (Å²) in [4.78, 5) is 35.8. The van der Waals surface area contributed by atoms with Crippen LogP contribution >= 0.6 is 11.3 Å². The number of fused-ring (bicyclic) bond motifs is 1. The molecule has 3 amide bonds. The van der Waals surface area contributed by atoms with E-state index in [1.54, 1.807) is 35.7 Å². The molecule has 1 aromatic carbocycles. The number of amides is 3. The summed E-state index contributed by atoms with van der Waals surface area (Å²) in [6.45, 7) is -0.254. The fourth-order valence-corrected chi connectivity index (χ4v) is 2.72. The number of benzene rings is 1. The van der Waals surface area contributed by atoms with Gasteiger partial charge in [-0.25, -0.2) is 0 Å². The van der Waals surface area contributed by atoms with Crippen molar-refractivity contribution in [3.63, 3.8) is 0 Å². The summed E-state index contributed by atoms with van der Waals surface area (Å²) in [5.41, 5.74) is 0.537. The first-order chi connectivity index (χ1) is 12.1. The van der Waals surface area contributed by atoms with Crippen LogP contribution in [0.2, 0.25) is 0 Å². The molecule has 0 radical (unpaired) electrons. The molecule has 0 aliphatic carbocycles. The molecule has 0 saturated carbocycles. The first kappa shape index (κ1) is 16.8. The molecule has 3 rings (SSSR count). The molecular formula is C16H15N3O5S. The Morgan fingerprint density at radius 1 is 1.00 bits per heavy atom. The molecule has 1 aromatic heterocycles. The minimum absolute atomic E-state index is 0.153. The zero-order chi connectivity index (χ0) is 17.6. The topological polar surface area (TPSA) is 106 Å². The van der Waals surface area contributed by atoms with Crippen molar-refractivity contribution in [3.05, 3.63) is 40.6 Å². The lowest BCUT2D eigenvalue weighted by Gasteiger charge is -2.08. The SMILES string of the molecule is O=C(CNC(=O)c1cccs1)NCC(=O)Nc1ccc2c(c1)OCO2. The van der Waals surface area contributed by atoms with Crippen LogP contribution in [-0.4, -0.2) is 37.6 Å². The molecule has 8 nitrogen and oxygen atoms in total. The van der Waals surface area contributed by atoms with E-state index in [1.165, 1.54) is 11.3 Å². The summed E-state index contributed by atoms with van der Waals surface area (Å²) >= 11 is 1.28. The second-order valence-corrected chi connectivity index (χ2v) is 6.00. The zero-order valence-electron chi connectivity index (χ0n) is 13.0. The van der Waals surface area contributed by atoms with Crippen LogP contribution in [-0.2, 0) is 9.59 Å². The minimum Gasteiger partial charge on any atom is -0.454 e. The summed E-state index contributed by atoms with van der Waals surface area (Å²) < 4.78 is 10.4. The largest absolute Gasteiger partial charge is 0.454 e. The second-order valence-electron chi connectivity index (χ2n) is 5.05. The van der Waals surface area contributed by atoms with Gasteiger partial charge in [0.15, 0.2) is 11.5 Å². The van der Waals surface area contributed by atoms with Crippen molar-refractivity contribution in [1.82, 2.24) is 10.6 Å². The van der Waals surface area contributed by atoms with Gasteiger partial charge >= 0.3 is 0 Å². The molecule has 1 aliphatic rings. The van der Waals surface area contributed by atoms with Crippen molar-refractivity contribution in [2.45, 2.75) is 0 Å².